The number of hydrogen-bond donors (Lipinski definition) is 0. The van der Waals surface area contributed by atoms with Crippen LogP contribution >= 0.6 is 0 Å². The van der Waals surface area contributed by atoms with Crippen LogP contribution in [0.5, 0.6) is 0 Å². The van der Waals surface area contributed by atoms with E-state index in [2.05, 4.69) is 6.58 Å². The summed E-state index contributed by atoms with van der Waals surface area (Å²) in [6.07, 6.45) is 13.5. The molecule has 0 radical (unpaired) electrons. The number of allylic oxidation sites excluding steroid dienone is 1. The van der Waals surface area contributed by atoms with Crippen LogP contribution in [-0.2, 0) is 4.79 Å². The van der Waals surface area contributed by atoms with Crippen molar-refractivity contribution in [3.63, 3.8) is 0 Å². The quantitative estimate of drug-likeness (QED) is 0.557. The molecule has 2 aliphatic rings. The van der Waals surface area contributed by atoms with E-state index in [4.69, 9.17) is 0 Å². The first-order valence-corrected chi connectivity index (χ1v) is 7.48. The van der Waals surface area contributed by atoms with Crippen LogP contribution in [0.25, 0.3) is 0 Å². The fraction of sp³-hybridized carbons (Fsp3) is 0.812. The van der Waals surface area contributed by atoms with Crippen LogP contribution < -0.4 is 0 Å². The normalized spacial score (nSPS) is 32.7. The molecule has 1 nitrogen and oxygen atoms in total. The highest BCUT2D eigenvalue weighted by atomic mass is 16.1. The van der Waals surface area contributed by atoms with E-state index in [1.807, 2.05) is 0 Å². The predicted molar refractivity (Wildman–Crippen MR) is 71.9 cm³/mol. The van der Waals surface area contributed by atoms with Gasteiger partial charge in [-0.3, -0.25) is 4.79 Å². The molecule has 0 saturated heterocycles. The molecular formula is C16H26O. The molecule has 17 heavy (non-hydrogen) atoms. The number of Topliss-reactive ketones (excluding diaryl/α,β-unsaturated/α-hetero) is 1. The van der Waals surface area contributed by atoms with Crippen molar-refractivity contribution in [1.82, 2.24) is 0 Å². The lowest BCUT2D eigenvalue weighted by Crippen LogP contribution is -2.29. The average molecular weight is 234 g/mol. The summed E-state index contributed by atoms with van der Waals surface area (Å²) in [6.45, 7) is 4.15. The summed E-state index contributed by atoms with van der Waals surface area (Å²) in [6, 6.07) is 0. The Morgan fingerprint density at radius 3 is 1.65 bits per heavy atom. The maximum Gasteiger partial charge on any atom is 0.139 e. The SMILES string of the molecule is C=C1C[C@H]2CCCCCCCCC[C@H](C1)C2=O. The number of hydrogen-bond acceptors (Lipinski definition) is 1. The third kappa shape index (κ3) is 3.69. The largest absolute Gasteiger partial charge is 0.299 e. The number of rotatable bonds is 0. The lowest BCUT2D eigenvalue weighted by atomic mass is 9.74. The Bertz CT molecular complexity index is 255. The molecule has 2 fully saturated rings. The molecule has 96 valence electrons. The summed E-state index contributed by atoms with van der Waals surface area (Å²) >= 11 is 0. The number of carbonyl (C=O) groups is 1. The first-order chi connectivity index (χ1) is 8.27. The molecule has 0 heterocycles. The highest BCUT2D eigenvalue weighted by Gasteiger charge is 2.31. The molecular weight excluding hydrogens is 208 g/mol. The van der Waals surface area contributed by atoms with Crippen LogP contribution in [0.3, 0.4) is 0 Å². The van der Waals surface area contributed by atoms with Gasteiger partial charge in [-0.1, -0.05) is 57.1 Å². The van der Waals surface area contributed by atoms with Gasteiger partial charge in [0.2, 0.25) is 0 Å². The van der Waals surface area contributed by atoms with Gasteiger partial charge in [0.05, 0.1) is 0 Å². The van der Waals surface area contributed by atoms with E-state index in [0.717, 1.165) is 25.7 Å². The molecule has 2 saturated carbocycles. The van der Waals surface area contributed by atoms with E-state index in [0.29, 0.717) is 17.6 Å². The van der Waals surface area contributed by atoms with E-state index >= 15 is 0 Å². The first-order valence-electron chi connectivity index (χ1n) is 7.48. The van der Waals surface area contributed by atoms with Gasteiger partial charge in [-0.15, -0.1) is 0 Å². The molecule has 0 unspecified atom stereocenters. The fourth-order valence-corrected chi connectivity index (χ4v) is 3.47. The van der Waals surface area contributed by atoms with Gasteiger partial charge in [0.15, 0.2) is 0 Å². The van der Waals surface area contributed by atoms with E-state index < -0.39 is 0 Å². The molecule has 2 bridgehead atoms. The van der Waals surface area contributed by atoms with E-state index in [1.165, 1.54) is 50.5 Å². The maximum absolute atomic E-state index is 12.3. The minimum Gasteiger partial charge on any atom is -0.299 e. The molecule has 0 spiro atoms. The van der Waals surface area contributed by atoms with Crippen LogP contribution in [0.4, 0.5) is 0 Å². The van der Waals surface area contributed by atoms with E-state index in [9.17, 15) is 4.79 Å². The third-order valence-electron chi connectivity index (χ3n) is 4.48. The van der Waals surface area contributed by atoms with Crippen molar-refractivity contribution in [2.75, 3.05) is 0 Å². The Hall–Kier alpha value is -0.590. The monoisotopic (exact) mass is 234 g/mol. The van der Waals surface area contributed by atoms with Crippen molar-refractivity contribution in [1.29, 1.82) is 0 Å². The van der Waals surface area contributed by atoms with Gasteiger partial charge in [0.1, 0.15) is 5.78 Å². The van der Waals surface area contributed by atoms with Gasteiger partial charge in [-0.2, -0.15) is 0 Å². The molecule has 0 amide bonds. The zero-order valence-electron chi connectivity index (χ0n) is 11.0. The standard InChI is InChI=1S/C16H26O/c1-13-11-14-9-7-5-3-2-4-6-8-10-15(12-13)16(14)17/h14-15H,1-12H2/t14-,15-/m1/s1. The van der Waals surface area contributed by atoms with Crippen LogP contribution in [0, 0.1) is 11.8 Å². The summed E-state index contributed by atoms with van der Waals surface area (Å²) in [5, 5.41) is 0. The topological polar surface area (TPSA) is 17.1 Å². The third-order valence-corrected chi connectivity index (χ3v) is 4.48. The van der Waals surface area contributed by atoms with Crippen molar-refractivity contribution in [3.05, 3.63) is 12.2 Å². The first kappa shape index (κ1) is 12.9. The van der Waals surface area contributed by atoms with Gasteiger partial charge in [-0.25, -0.2) is 0 Å². The van der Waals surface area contributed by atoms with Gasteiger partial charge in [0, 0.05) is 11.8 Å². The summed E-state index contributed by atoms with van der Waals surface area (Å²) in [7, 11) is 0. The highest BCUT2D eigenvalue weighted by molar-refractivity contribution is 5.85. The van der Waals surface area contributed by atoms with Gasteiger partial charge < -0.3 is 0 Å². The van der Waals surface area contributed by atoms with Gasteiger partial charge in [0.25, 0.3) is 0 Å². The van der Waals surface area contributed by atoms with Crippen molar-refractivity contribution < 1.29 is 4.79 Å². The molecule has 2 atom stereocenters. The molecule has 0 aliphatic heterocycles. The van der Waals surface area contributed by atoms with Crippen molar-refractivity contribution in [3.8, 4) is 0 Å². The summed E-state index contributed by atoms with van der Waals surface area (Å²) in [5.41, 5.74) is 1.33. The van der Waals surface area contributed by atoms with E-state index in [1.54, 1.807) is 0 Å². The molecule has 1 heteroatoms. The zero-order chi connectivity index (χ0) is 12.1. The second kappa shape index (κ2) is 6.37. The smallest absolute Gasteiger partial charge is 0.139 e. The molecule has 2 aliphatic carbocycles. The molecule has 2 rings (SSSR count). The minimum atomic E-state index is 0.320. The van der Waals surface area contributed by atoms with Crippen molar-refractivity contribution in [2.24, 2.45) is 11.8 Å². The zero-order valence-corrected chi connectivity index (χ0v) is 11.0. The molecule has 0 aromatic rings. The predicted octanol–water partition coefficient (Wildman–Crippen LogP) is 4.66. The lowest BCUT2D eigenvalue weighted by molar-refractivity contribution is -0.128. The van der Waals surface area contributed by atoms with Crippen molar-refractivity contribution >= 4 is 5.78 Å². The van der Waals surface area contributed by atoms with Crippen LogP contribution in [0.15, 0.2) is 12.2 Å². The Morgan fingerprint density at radius 2 is 1.18 bits per heavy atom. The van der Waals surface area contributed by atoms with Gasteiger partial charge >= 0.3 is 0 Å². The number of ketones is 1. The molecule has 0 aromatic heterocycles. The summed E-state index contributed by atoms with van der Waals surface area (Å²) in [4.78, 5) is 12.3. The highest BCUT2D eigenvalue weighted by Crippen LogP contribution is 2.35. The van der Waals surface area contributed by atoms with Crippen LogP contribution in [0.2, 0.25) is 0 Å². The lowest BCUT2D eigenvalue weighted by Gasteiger charge is -2.30. The Morgan fingerprint density at radius 1 is 0.765 bits per heavy atom. The Labute approximate surface area is 106 Å². The Kier molecular flexibility index (Phi) is 4.82. The second-order valence-corrected chi connectivity index (χ2v) is 6.01. The number of fused-ring (bicyclic) bond motifs is 2. The molecule has 0 aromatic carbocycles. The average Bonchev–Trinajstić information content (AvgIpc) is 2.31. The summed E-state index contributed by atoms with van der Waals surface area (Å²) in [5.74, 6) is 1.21. The van der Waals surface area contributed by atoms with Gasteiger partial charge in [-0.05, 0) is 25.7 Å². The second-order valence-electron chi connectivity index (χ2n) is 6.01. The fourth-order valence-electron chi connectivity index (χ4n) is 3.47. The van der Waals surface area contributed by atoms with Crippen LogP contribution in [-0.4, -0.2) is 5.78 Å². The van der Waals surface area contributed by atoms with Crippen molar-refractivity contribution in [2.45, 2.75) is 70.6 Å². The minimum absolute atomic E-state index is 0.320. The maximum atomic E-state index is 12.3. The summed E-state index contributed by atoms with van der Waals surface area (Å²) < 4.78 is 0. The van der Waals surface area contributed by atoms with E-state index in [-0.39, 0.29) is 0 Å². The van der Waals surface area contributed by atoms with Crippen LogP contribution in [0.1, 0.15) is 70.6 Å². The molecule has 0 N–H and O–H groups in total. The Balaban J connectivity index is 1.98. The number of carbonyl (C=O) groups excluding carboxylic acids is 1.